The van der Waals surface area contributed by atoms with Gasteiger partial charge in [-0.25, -0.2) is 5.53 Å². The molecule has 0 aliphatic rings. The van der Waals surface area contributed by atoms with Crippen LogP contribution in [0.1, 0.15) is 20.8 Å². The third-order valence-electron chi connectivity index (χ3n) is 0.376. The van der Waals surface area contributed by atoms with Gasteiger partial charge in [0, 0.05) is 12.4 Å². The van der Waals surface area contributed by atoms with E-state index in [1.807, 2.05) is 13.8 Å². The van der Waals surface area contributed by atoms with Crippen LogP contribution in [0.2, 0.25) is 0 Å². The van der Waals surface area contributed by atoms with Crippen molar-refractivity contribution in [3.05, 3.63) is 12.4 Å². The van der Waals surface area contributed by atoms with E-state index in [0.29, 0.717) is 0 Å². The highest BCUT2D eigenvalue weighted by Crippen LogP contribution is 1.71. The molecule has 0 saturated heterocycles. The van der Waals surface area contributed by atoms with Gasteiger partial charge in [-0.15, -0.1) is 0 Å². The summed E-state index contributed by atoms with van der Waals surface area (Å²) < 4.78 is 0. The standard InChI is InChI=1S/C4H7N3.C2H6/c1-2-6-3-4-7-5;1-2/h2-5H,1H3;1-2H3/b4-3-,6-2?,7-5?;. The highest BCUT2D eigenvalue weighted by molar-refractivity contribution is 5.54. The minimum Gasteiger partial charge on any atom is -0.268 e. The predicted octanol–water partition coefficient (Wildman–Crippen LogP) is 2.61. The van der Waals surface area contributed by atoms with Gasteiger partial charge in [0.25, 0.3) is 0 Å². The summed E-state index contributed by atoms with van der Waals surface area (Å²) in [5.41, 5.74) is 6.25. The Kier molecular flexibility index (Phi) is 19.1. The molecule has 3 nitrogen and oxygen atoms in total. The summed E-state index contributed by atoms with van der Waals surface area (Å²) in [6.07, 6.45) is 4.38. The molecular weight excluding hydrogens is 114 g/mol. The van der Waals surface area contributed by atoms with Gasteiger partial charge in [-0.3, -0.25) is 4.99 Å². The molecule has 0 amide bonds. The molecular formula is C6H13N3. The molecule has 0 unspecified atom stereocenters. The lowest BCUT2D eigenvalue weighted by Gasteiger charge is -1.65. The Balaban J connectivity index is 0. The zero-order chi connectivity index (χ0) is 7.54. The van der Waals surface area contributed by atoms with Crippen LogP contribution in [0.15, 0.2) is 22.5 Å². The maximum atomic E-state index is 6.25. The van der Waals surface area contributed by atoms with Crippen molar-refractivity contribution < 1.29 is 0 Å². The molecule has 0 spiro atoms. The van der Waals surface area contributed by atoms with Crippen LogP contribution in [0.4, 0.5) is 0 Å². The van der Waals surface area contributed by atoms with Crippen molar-refractivity contribution in [3.63, 3.8) is 0 Å². The van der Waals surface area contributed by atoms with E-state index in [0.717, 1.165) is 0 Å². The van der Waals surface area contributed by atoms with Crippen molar-refractivity contribution in [2.75, 3.05) is 0 Å². The van der Waals surface area contributed by atoms with E-state index in [1.54, 1.807) is 13.1 Å². The van der Waals surface area contributed by atoms with Crippen molar-refractivity contribution in [2.45, 2.75) is 20.8 Å². The summed E-state index contributed by atoms with van der Waals surface area (Å²) in [6.45, 7) is 5.80. The molecule has 0 saturated carbocycles. The van der Waals surface area contributed by atoms with Gasteiger partial charge in [-0.05, 0) is 6.92 Å². The van der Waals surface area contributed by atoms with E-state index >= 15 is 0 Å². The van der Waals surface area contributed by atoms with Crippen LogP contribution in [-0.4, -0.2) is 6.21 Å². The maximum Gasteiger partial charge on any atom is 0.0671 e. The number of nitrogens with one attached hydrogen (secondary N) is 1. The zero-order valence-electron chi connectivity index (χ0n) is 6.13. The Morgan fingerprint density at radius 2 is 1.78 bits per heavy atom. The summed E-state index contributed by atoms with van der Waals surface area (Å²) >= 11 is 0. The fraction of sp³-hybridized carbons (Fsp3) is 0.500. The lowest BCUT2D eigenvalue weighted by molar-refractivity contribution is 1.14. The molecule has 0 rings (SSSR count). The van der Waals surface area contributed by atoms with E-state index in [-0.39, 0.29) is 0 Å². The zero-order valence-corrected chi connectivity index (χ0v) is 6.13. The molecule has 0 bridgehead atoms. The molecule has 0 atom stereocenters. The van der Waals surface area contributed by atoms with Crippen LogP contribution >= 0.6 is 0 Å². The van der Waals surface area contributed by atoms with Crippen LogP contribution in [0, 0.1) is 5.53 Å². The number of nitrogens with zero attached hydrogens (tertiary/aromatic N) is 2. The van der Waals surface area contributed by atoms with Gasteiger partial charge in [0.1, 0.15) is 0 Å². The minimum absolute atomic E-state index is 1.31. The number of rotatable bonds is 2. The monoisotopic (exact) mass is 127 g/mol. The molecule has 0 heterocycles. The Bertz CT molecular complexity index is 94.5. The van der Waals surface area contributed by atoms with E-state index in [4.69, 9.17) is 5.53 Å². The molecule has 52 valence electrons. The second-order valence-corrected chi connectivity index (χ2v) is 0.835. The molecule has 9 heavy (non-hydrogen) atoms. The number of hydrogen-bond donors (Lipinski definition) is 1. The second-order valence-electron chi connectivity index (χ2n) is 0.835. The average Bonchev–Trinajstić information content (AvgIpc) is 1.94. The molecule has 0 aromatic heterocycles. The fourth-order valence-corrected chi connectivity index (χ4v) is 0.158. The van der Waals surface area contributed by atoms with Gasteiger partial charge in [0.05, 0.1) is 6.20 Å². The molecule has 1 N–H and O–H groups in total. The minimum atomic E-state index is 1.31. The summed E-state index contributed by atoms with van der Waals surface area (Å²) in [5.74, 6) is 0. The fourth-order valence-electron chi connectivity index (χ4n) is 0.158. The molecule has 0 aromatic carbocycles. The first-order chi connectivity index (χ1) is 4.41. The van der Waals surface area contributed by atoms with Crippen molar-refractivity contribution in [1.82, 2.24) is 0 Å². The van der Waals surface area contributed by atoms with Crippen molar-refractivity contribution in [2.24, 2.45) is 10.1 Å². The molecule has 3 heteroatoms. The van der Waals surface area contributed by atoms with Crippen molar-refractivity contribution in [3.8, 4) is 0 Å². The summed E-state index contributed by atoms with van der Waals surface area (Å²) in [6, 6.07) is 0. The SMILES string of the molecule is CC.CC=N/C=C\N=N. The van der Waals surface area contributed by atoms with E-state index in [1.165, 1.54) is 12.4 Å². The Hall–Kier alpha value is -0.990. The lowest BCUT2D eigenvalue weighted by Crippen LogP contribution is -1.51. The smallest absolute Gasteiger partial charge is 0.0671 e. The third-order valence-corrected chi connectivity index (χ3v) is 0.376. The normalized spacial score (nSPS) is 9.22. The predicted molar refractivity (Wildman–Crippen MR) is 39.8 cm³/mol. The first kappa shape index (κ1) is 10.9. The highest BCUT2D eigenvalue weighted by Gasteiger charge is 1.53. The highest BCUT2D eigenvalue weighted by atomic mass is 14.9. The third kappa shape index (κ3) is 19.4. The maximum absolute atomic E-state index is 6.25. The largest absolute Gasteiger partial charge is 0.268 e. The van der Waals surface area contributed by atoms with Gasteiger partial charge in [-0.2, -0.15) is 5.11 Å². The number of hydrogen-bond acceptors (Lipinski definition) is 3. The molecule has 0 aromatic rings. The quantitative estimate of drug-likeness (QED) is 0.438. The molecule has 0 radical (unpaired) electrons. The Morgan fingerprint density at radius 3 is 2.11 bits per heavy atom. The molecule has 0 aliphatic heterocycles. The lowest BCUT2D eigenvalue weighted by atomic mass is 10.8. The van der Waals surface area contributed by atoms with Crippen molar-refractivity contribution in [1.29, 1.82) is 5.53 Å². The first-order valence-corrected chi connectivity index (χ1v) is 2.91. The van der Waals surface area contributed by atoms with Crippen LogP contribution < -0.4 is 0 Å². The van der Waals surface area contributed by atoms with Gasteiger partial charge in [0.2, 0.25) is 0 Å². The van der Waals surface area contributed by atoms with Crippen LogP contribution in [0.5, 0.6) is 0 Å². The van der Waals surface area contributed by atoms with Gasteiger partial charge in [0.15, 0.2) is 0 Å². The molecule has 0 aliphatic carbocycles. The summed E-state index contributed by atoms with van der Waals surface area (Å²) in [5, 5.41) is 2.93. The first-order valence-electron chi connectivity index (χ1n) is 2.91. The Labute approximate surface area is 56.0 Å². The Morgan fingerprint density at radius 1 is 1.22 bits per heavy atom. The summed E-state index contributed by atoms with van der Waals surface area (Å²) in [4.78, 5) is 3.64. The van der Waals surface area contributed by atoms with Crippen molar-refractivity contribution >= 4 is 6.21 Å². The topological polar surface area (TPSA) is 48.6 Å². The average molecular weight is 127 g/mol. The van der Waals surface area contributed by atoms with Gasteiger partial charge >= 0.3 is 0 Å². The van der Waals surface area contributed by atoms with E-state index in [2.05, 4.69) is 10.1 Å². The van der Waals surface area contributed by atoms with Crippen LogP contribution in [-0.2, 0) is 0 Å². The van der Waals surface area contributed by atoms with Crippen LogP contribution in [0.3, 0.4) is 0 Å². The van der Waals surface area contributed by atoms with Crippen LogP contribution in [0.25, 0.3) is 0 Å². The molecule has 0 fully saturated rings. The summed E-state index contributed by atoms with van der Waals surface area (Å²) in [7, 11) is 0. The van der Waals surface area contributed by atoms with E-state index < -0.39 is 0 Å². The van der Waals surface area contributed by atoms with Gasteiger partial charge < -0.3 is 0 Å². The second kappa shape index (κ2) is 15.7. The van der Waals surface area contributed by atoms with E-state index in [9.17, 15) is 0 Å². The number of aliphatic imine (C=N–C) groups is 1. The van der Waals surface area contributed by atoms with Gasteiger partial charge in [-0.1, -0.05) is 13.8 Å².